The molecule has 1 N–H and O–H groups in total. The minimum atomic E-state index is -0.0591. The van der Waals surface area contributed by atoms with E-state index in [-0.39, 0.29) is 11.6 Å². The van der Waals surface area contributed by atoms with Crippen molar-refractivity contribution in [3.63, 3.8) is 0 Å². The SMILES string of the molecule is OC(CC1CCCC1)C1(N2CCCCC2)CCCC1. The van der Waals surface area contributed by atoms with Gasteiger partial charge in [-0.1, -0.05) is 44.9 Å². The van der Waals surface area contributed by atoms with Crippen molar-refractivity contribution in [2.75, 3.05) is 13.1 Å². The van der Waals surface area contributed by atoms with Gasteiger partial charge in [0.15, 0.2) is 0 Å². The third-order valence-electron chi connectivity index (χ3n) is 6.11. The second-order valence-corrected chi connectivity index (χ2v) is 7.26. The summed E-state index contributed by atoms with van der Waals surface area (Å²) in [6.45, 7) is 2.48. The minimum absolute atomic E-state index is 0.0591. The smallest absolute Gasteiger partial charge is 0.0726 e. The standard InChI is InChI=1S/C17H31NO/c19-16(14-15-8-2-3-9-15)17(10-4-5-11-17)18-12-6-1-7-13-18/h15-16,19H,1-14H2. The average Bonchev–Trinajstić information content (AvgIpc) is 3.11. The lowest BCUT2D eigenvalue weighted by Gasteiger charge is -2.47. The molecule has 2 aliphatic carbocycles. The van der Waals surface area contributed by atoms with E-state index in [0.29, 0.717) is 0 Å². The highest BCUT2D eigenvalue weighted by atomic mass is 16.3. The summed E-state index contributed by atoms with van der Waals surface area (Å²) >= 11 is 0. The van der Waals surface area contributed by atoms with E-state index < -0.39 is 0 Å². The van der Waals surface area contributed by atoms with E-state index in [2.05, 4.69) is 4.90 Å². The Hall–Kier alpha value is -0.0800. The summed E-state index contributed by atoms with van der Waals surface area (Å²) in [5.74, 6) is 0.817. The molecule has 2 saturated carbocycles. The van der Waals surface area contributed by atoms with Gasteiger partial charge in [0, 0.05) is 5.54 Å². The number of piperidine rings is 1. The molecule has 1 unspecified atom stereocenters. The van der Waals surface area contributed by atoms with Crippen LogP contribution in [0.25, 0.3) is 0 Å². The van der Waals surface area contributed by atoms with Crippen LogP contribution in [0, 0.1) is 5.92 Å². The molecule has 1 aliphatic heterocycles. The van der Waals surface area contributed by atoms with E-state index in [9.17, 15) is 5.11 Å². The molecule has 0 bridgehead atoms. The number of hydrogen-bond acceptors (Lipinski definition) is 2. The van der Waals surface area contributed by atoms with Crippen LogP contribution in [-0.4, -0.2) is 34.7 Å². The molecule has 2 nitrogen and oxygen atoms in total. The number of nitrogens with zero attached hydrogens (tertiary/aromatic N) is 1. The summed E-state index contributed by atoms with van der Waals surface area (Å²) < 4.78 is 0. The first-order valence-electron chi connectivity index (χ1n) is 8.74. The molecule has 3 rings (SSSR count). The minimum Gasteiger partial charge on any atom is -0.391 e. The van der Waals surface area contributed by atoms with E-state index in [0.717, 1.165) is 12.3 Å². The fraction of sp³-hybridized carbons (Fsp3) is 1.00. The summed E-state index contributed by atoms with van der Waals surface area (Å²) in [5.41, 5.74) is 0.170. The molecule has 2 heteroatoms. The predicted molar refractivity (Wildman–Crippen MR) is 79.2 cm³/mol. The molecule has 0 radical (unpaired) electrons. The van der Waals surface area contributed by atoms with E-state index in [4.69, 9.17) is 0 Å². The van der Waals surface area contributed by atoms with Gasteiger partial charge < -0.3 is 5.11 Å². The van der Waals surface area contributed by atoms with Crippen molar-refractivity contribution in [3.05, 3.63) is 0 Å². The van der Waals surface area contributed by atoms with Crippen LogP contribution >= 0.6 is 0 Å². The van der Waals surface area contributed by atoms with Crippen molar-refractivity contribution in [1.29, 1.82) is 0 Å². The van der Waals surface area contributed by atoms with Crippen LogP contribution in [0.3, 0.4) is 0 Å². The van der Waals surface area contributed by atoms with Gasteiger partial charge in [0.2, 0.25) is 0 Å². The quantitative estimate of drug-likeness (QED) is 0.837. The maximum atomic E-state index is 11.0. The van der Waals surface area contributed by atoms with Crippen LogP contribution in [0.2, 0.25) is 0 Å². The van der Waals surface area contributed by atoms with Crippen LogP contribution in [0.1, 0.15) is 77.0 Å². The lowest BCUT2D eigenvalue weighted by atomic mass is 9.81. The highest BCUT2D eigenvalue weighted by Gasteiger charge is 2.46. The van der Waals surface area contributed by atoms with Gasteiger partial charge in [0.05, 0.1) is 6.10 Å². The monoisotopic (exact) mass is 265 g/mol. The summed E-state index contributed by atoms with van der Waals surface area (Å²) in [6, 6.07) is 0. The van der Waals surface area contributed by atoms with Crippen LogP contribution in [0.4, 0.5) is 0 Å². The predicted octanol–water partition coefficient (Wildman–Crippen LogP) is 3.73. The fourth-order valence-corrected chi connectivity index (χ4v) is 4.97. The van der Waals surface area contributed by atoms with Gasteiger partial charge in [-0.25, -0.2) is 0 Å². The Morgan fingerprint density at radius 2 is 1.53 bits per heavy atom. The van der Waals surface area contributed by atoms with E-state index in [1.54, 1.807) is 0 Å². The third kappa shape index (κ3) is 2.85. The Labute approximate surface area is 118 Å². The molecule has 1 atom stereocenters. The molecule has 1 saturated heterocycles. The fourth-order valence-electron chi connectivity index (χ4n) is 4.97. The normalized spacial score (nSPS) is 30.8. The van der Waals surface area contributed by atoms with Crippen LogP contribution < -0.4 is 0 Å². The number of rotatable bonds is 4. The van der Waals surface area contributed by atoms with Crippen molar-refractivity contribution in [2.45, 2.75) is 88.7 Å². The molecular formula is C17H31NO. The summed E-state index contributed by atoms with van der Waals surface area (Å²) in [7, 11) is 0. The summed E-state index contributed by atoms with van der Waals surface area (Å²) in [4.78, 5) is 2.68. The highest BCUT2D eigenvalue weighted by Crippen LogP contribution is 2.42. The molecule has 0 aromatic heterocycles. The van der Waals surface area contributed by atoms with Crippen LogP contribution in [0.15, 0.2) is 0 Å². The second kappa shape index (κ2) is 6.13. The maximum absolute atomic E-state index is 11.0. The Bertz CT molecular complexity index is 273. The van der Waals surface area contributed by atoms with Crippen molar-refractivity contribution in [2.24, 2.45) is 5.92 Å². The van der Waals surface area contributed by atoms with Gasteiger partial charge in [0.25, 0.3) is 0 Å². The topological polar surface area (TPSA) is 23.5 Å². The van der Waals surface area contributed by atoms with E-state index in [1.165, 1.54) is 83.7 Å². The molecular weight excluding hydrogens is 234 g/mol. The number of aliphatic hydroxyl groups excluding tert-OH is 1. The van der Waals surface area contributed by atoms with Gasteiger partial charge in [-0.05, 0) is 51.1 Å². The number of likely N-dealkylation sites (tertiary alicyclic amines) is 1. The van der Waals surface area contributed by atoms with Crippen LogP contribution in [-0.2, 0) is 0 Å². The van der Waals surface area contributed by atoms with Crippen LogP contribution in [0.5, 0.6) is 0 Å². The zero-order valence-corrected chi connectivity index (χ0v) is 12.4. The number of hydrogen-bond donors (Lipinski definition) is 1. The molecule has 0 aromatic carbocycles. The lowest BCUT2D eigenvalue weighted by Crippen LogP contribution is -2.57. The summed E-state index contributed by atoms with van der Waals surface area (Å²) in [5, 5.41) is 11.0. The summed E-state index contributed by atoms with van der Waals surface area (Å²) in [6.07, 6.45) is 15.8. The zero-order chi connectivity index (χ0) is 13.1. The largest absolute Gasteiger partial charge is 0.391 e. The lowest BCUT2D eigenvalue weighted by molar-refractivity contribution is -0.0485. The molecule has 1 heterocycles. The molecule has 110 valence electrons. The van der Waals surface area contributed by atoms with Gasteiger partial charge in [-0.15, -0.1) is 0 Å². The van der Waals surface area contributed by atoms with Crippen molar-refractivity contribution < 1.29 is 5.11 Å². The molecule has 19 heavy (non-hydrogen) atoms. The van der Waals surface area contributed by atoms with Gasteiger partial charge in [-0.2, -0.15) is 0 Å². The maximum Gasteiger partial charge on any atom is 0.0726 e. The Kier molecular flexibility index (Phi) is 4.48. The van der Waals surface area contributed by atoms with Gasteiger partial charge in [-0.3, -0.25) is 4.90 Å². The highest BCUT2D eigenvalue weighted by molar-refractivity contribution is 5.01. The van der Waals surface area contributed by atoms with Crippen molar-refractivity contribution in [1.82, 2.24) is 4.90 Å². The first kappa shape index (κ1) is 13.9. The van der Waals surface area contributed by atoms with Gasteiger partial charge >= 0.3 is 0 Å². The molecule has 0 aromatic rings. The first-order chi connectivity index (χ1) is 9.31. The van der Waals surface area contributed by atoms with Crippen molar-refractivity contribution >= 4 is 0 Å². The van der Waals surface area contributed by atoms with Crippen molar-refractivity contribution in [3.8, 4) is 0 Å². The Morgan fingerprint density at radius 3 is 2.16 bits per heavy atom. The number of aliphatic hydroxyl groups is 1. The van der Waals surface area contributed by atoms with E-state index >= 15 is 0 Å². The molecule has 0 amide bonds. The van der Waals surface area contributed by atoms with Gasteiger partial charge in [0.1, 0.15) is 0 Å². The molecule has 3 fully saturated rings. The Balaban J connectivity index is 1.67. The zero-order valence-electron chi connectivity index (χ0n) is 12.4. The van der Waals surface area contributed by atoms with E-state index in [1.807, 2.05) is 0 Å². The molecule has 3 aliphatic rings. The average molecular weight is 265 g/mol. The first-order valence-corrected chi connectivity index (χ1v) is 8.74. The second-order valence-electron chi connectivity index (χ2n) is 7.26. The molecule has 0 spiro atoms. The third-order valence-corrected chi connectivity index (χ3v) is 6.11. The Morgan fingerprint density at radius 1 is 0.895 bits per heavy atom.